The van der Waals surface area contributed by atoms with Crippen LogP contribution in [-0.4, -0.2) is 14.5 Å². The predicted molar refractivity (Wildman–Crippen MR) is 172 cm³/mol. The van der Waals surface area contributed by atoms with Gasteiger partial charge in [0, 0.05) is 43.4 Å². The minimum atomic E-state index is 0.638. The number of nitrogens with zero attached hydrogens (tertiary/aromatic N) is 3. The minimum absolute atomic E-state index is 0.638. The summed E-state index contributed by atoms with van der Waals surface area (Å²) >= 11 is 0. The van der Waals surface area contributed by atoms with Crippen molar-refractivity contribution in [2.75, 3.05) is 0 Å². The van der Waals surface area contributed by atoms with Gasteiger partial charge in [0.05, 0.1) is 22.4 Å². The van der Waals surface area contributed by atoms with Crippen LogP contribution in [0.2, 0.25) is 0 Å². The molecule has 0 aliphatic heterocycles. The number of para-hydroxylation sites is 2. The van der Waals surface area contributed by atoms with Gasteiger partial charge in [0.2, 0.25) is 5.95 Å². The molecule has 3 aromatic heterocycles. The highest BCUT2D eigenvalue weighted by Gasteiger charge is 2.24. The van der Waals surface area contributed by atoms with Gasteiger partial charge in [0.1, 0.15) is 11.2 Å². The van der Waals surface area contributed by atoms with Gasteiger partial charge < -0.3 is 4.42 Å². The molecule has 0 aliphatic rings. The summed E-state index contributed by atoms with van der Waals surface area (Å²) in [5.74, 6) is 0.638. The molecule has 0 amide bonds. The Kier molecular flexibility index (Phi) is 4.87. The molecular formula is C38H23N3O. The van der Waals surface area contributed by atoms with E-state index in [0.29, 0.717) is 5.95 Å². The van der Waals surface area contributed by atoms with Gasteiger partial charge in [0.25, 0.3) is 0 Å². The van der Waals surface area contributed by atoms with Gasteiger partial charge in [-0.2, -0.15) is 0 Å². The van der Waals surface area contributed by atoms with E-state index in [-0.39, 0.29) is 0 Å². The first-order valence-corrected chi connectivity index (χ1v) is 14.1. The molecule has 9 aromatic rings. The number of hydrogen-bond acceptors (Lipinski definition) is 3. The molecule has 0 aliphatic carbocycles. The number of fused-ring (bicyclic) bond motifs is 10. The standard InChI is InChI=1S/C38H23N3O/c1-3-13-24(14-4-1)30-23-31(25-15-5-2-6-16-25)40-38(39-30)41-32-21-11-9-19-28(32)34-35-29-20-10-12-22-33(29)42-37(35)27-18-8-7-17-26(27)36(34)41/h1-23H. The van der Waals surface area contributed by atoms with E-state index in [9.17, 15) is 0 Å². The van der Waals surface area contributed by atoms with Crippen molar-refractivity contribution in [3.8, 4) is 28.5 Å². The highest BCUT2D eigenvalue weighted by molar-refractivity contribution is 6.35. The SMILES string of the molecule is c1ccc(-c2cc(-c3ccccc3)nc(-n3c4ccccc4c4c5c6ccccc6oc5c5ccccc5c43)n2)cc1. The summed E-state index contributed by atoms with van der Waals surface area (Å²) in [5.41, 5.74) is 7.78. The number of aromatic nitrogens is 3. The second-order valence-corrected chi connectivity index (χ2v) is 10.6. The number of hydrogen-bond donors (Lipinski definition) is 0. The van der Waals surface area contributed by atoms with Crippen molar-refractivity contribution < 1.29 is 4.42 Å². The van der Waals surface area contributed by atoms with Crippen molar-refractivity contribution in [2.45, 2.75) is 0 Å². The number of furan rings is 1. The van der Waals surface area contributed by atoms with Crippen molar-refractivity contribution in [1.29, 1.82) is 0 Å². The fourth-order valence-electron chi connectivity index (χ4n) is 6.37. The van der Waals surface area contributed by atoms with Crippen molar-refractivity contribution in [3.05, 3.63) is 140 Å². The molecule has 0 N–H and O–H groups in total. The summed E-state index contributed by atoms with van der Waals surface area (Å²) in [6.07, 6.45) is 0. The summed E-state index contributed by atoms with van der Waals surface area (Å²) < 4.78 is 8.79. The molecule has 6 aromatic carbocycles. The van der Waals surface area contributed by atoms with Crippen LogP contribution in [0.1, 0.15) is 0 Å². The van der Waals surface area contributed by atoms with Gasteiger partial charge in [-0.3, -0.25) is 4.57 Å². The average molecular weight is 538 g/mol. The quantitative estimate of drug-likeness (QED) is 0.225. The molecule has 0 bridgehead atoms. The van der Waals surface area contributed by atoms with E-state index in [1.54, 1.807) is 0 Å². The molecule has 0 unspecified atom stereocenters. The molecule has 42 heavy (non-hydrogen) atoms. The zero-order valence-electron chi connectivity index (χ0n) is 22.5. The Bertz CT molecular complexity index is 2400. The Labute approximate surface area is 241 Å². The van der Waals surface area contributed by atoms with E-state index >= 15 is 0 Å². The maximum Gasteiger partial charge on any atom is 0.235 e. The maximum atomic E-state index is 6.55. The third kappa shape index (κ3) is 3.29. The van der Waals surface area contributed by atoms with Gasteiger partial charge in [0.15, 0.2) is 0 Å². The molecule has 9 rings (SSSR count). The van der Waals surface area contributed by atoms with Gasteiger partial charge in [-0.05, 0) is 18.2 Å². The molecule has 3 heterocycles. The predicted octanol–water partition coefficient (Wildman–Crippen LogP) is 9.96. The number of benzene rings is 6. The van der Waals surface area contributed by atoms with Crippen LogP contribution in [0, 0.1) is 0 Å². The summed E-state index contributed by atoms with van der Waals surface area (Å²) in [4.78, 5) is 10.5. The first-order valence-electron chi connectivity index (χ1n) is 14.1. The first-order chi connectivity index (χ1) is 20.8. The van der Waals surface area contributed by atoms with Crippen LogP contribution in [0.3, 0.4) is 0 Å². The molecule has 4 heteroatoms. The summed E-state index contributed by atoms with van der Waals surface area (Å²) in [6.45, 7) is 0. The molecule has 196 valence electrons. The van der Waals surface area contributed by atoms with E-state index in [1.807, 2.05) is 48.5 Å². The third-order valence-corrected chi connectivity index (χ3v) is 8.20. The monoisotopic (exact) mass is 537 g/mol. The molecule has 0 spiro atoms. The van der Waals surface area contributed by atoms with Crippen LogP contribution in [0.5, 0.6) is 0 Å². The Morgan fingerprint density at radius 1 is 0.476 bits per heavy atom. The van der Waals surface area contributed by atoms with Gasteiger partial charge in [-0.15, -0.1) is 0 Å². The maximum absolute atomic E-state index is 6.55. The molecule has 0 saturated carbocycles. The third-order valence-electron chi connectivity index (χ3n) is 8.20. The Morgan fingerprint density at radius 2 is 1.02 bits per heavy atom. The van der Waals surface area contributed by atoms with Crippen molar-refractivity contribution in [2.24, 2.45) is 0 Å². The van der Waals surface area contributed by atoms with Crippen LogP contribution < -0.4 is 0 Å². The lowest BCUT2D eigenvalue weighted by atomic mass is 9.99. The van der Waals surface area contributed by atoms with E-state index in [0.717, 1.165) is 77.0 Å². The number of rotatable bonds is 3. The van der Waals surface area contributed by atoms with Crippen molar-refractivity contribution >= 4 is 54.5 Å². The Hall–Kier alpha value is -5.74. The average Bonchev–Trinajstić information content (AvgIpc) is 3.62. The zero-order chi connectivity index (χ0) is 27.6. The van der Waals surface area contributed by atoms with Crippen LogP contribution in [0.4, 0.5) is 0 Å². The lowest BCUT2D eigenvalue weighted by Crippen LogP contribution is -2.04. The second-order valence-electron chi connectivity index (χ2n) is 10.6. The molecular weight excluding hydrogens is 514 g/mol. The lowest BCUT2D eigenvalue weighted by molar-refractivity contribution is 0.673. The van der Waals surface area contributed by atoms with Crippen LogP contribution in [0.25, 0.3) is 83.0 Å². The lowest BCUT2D eigenvalue weighted by Gasteiger charge is -2.13. The van der Waals surface area contributed by atoms with Gasteiger partial charge in [-0.1, -0.05) is 121 Å². The molecule has 4 nitrogen and oxygen atoms in total. The highest BCUT2D eigenvalue weighted by atomic mass is 16.3. The van der Waals surface area contributed by atoms with Crippen molar-refractivity contribution in [1.82, 2.24) is 14.5 Å². The molecule has 0 fully saturated rings. The van der Waals surface area contributed by atoms with E-state index in [2.05, 4.69) is 95.6 Å². The fraction of sp³-hybridized carbons (Fsp3) is 0. The zero-order valence-corrected chi connectivity index (χ0v) is 22.5. The van der Waals surface area contributed by atoms with E-state index in [1.165, 1.54) is 0 Å². The van der Waals surface area contributed by atoms with E-state index in [4.69, 9.17) is 14.4 Å². The molecule has 0 atom stereocenters. The minimum Gasteiger partial charge on any atom is -0.455 e. The molecule has 0 saturated heterocycles. The fourth-order valence-corrected chi connectivity index (χ4v) is 6.37. The van der Waals surface area contributed by atoms with Crippen LogP contribution in [0.15, 0.2) is 144 Å². The van der Waals surface area contributed by atoms with Crippen LogP contribution in [-0.2, 0) is 0 Å². The molecule has 0 radical (unpaired) electrons. The second kappa shape index (κ2) is 8.88. The normalized spacial score (nSPS) is 11.8. The summed E-state index contributed by atoms with van der Waals surface area (Å²) in [7, 11) is 0. The smallest absolute Gasteiger partial charge is 0.235 e. The van der Waals surface area contributed by atoms with E-state index < -0.39 is 0 Å². The van der Waals surface area contributed by atoms with Crippen molar-refractivity contribution in [3.63, 3.8) is 0 Å². The van der Waals surface area contributed by atoms with Gasteiger partial charge in [-0.25, -0.2) is 9.97 Å². The summed E-state index contributed by atoms with van der Waals surface area (Å²) in [6, 6.07) is 48.1. The summed E-state index contributed by atoms with van der Waals surface area (Å²) in [5, 5.41) is 6.70. The Morgan fingerprint density at radius 3 is 1.71 bits per heavy atom. The largest absolute Gasteiger partial charge is 0.455 e. The first kappa shape index (κ1) is 23.0. The topological polar surface area (TPSA) is 43.9 Å². The van der Waals surface area contributed by atoms with Gasteiger partial charge >= 0.3 is 0 Å². The Balaban J connectivity index is 1.50. The highest BCUT2D eigenvalue weighted by Crippen LogP contribution is 2.45. The van der Waals surface area contributed by atoms with Crippen LogP contribution >= 0.6 is 0 Å².